The molecule has 2 aliphatic heterocycles. The van der Waals surface area contributed by atoms with E-state index in [1.165, 1.54) is 0 Å². The molecule has 0 radical (unpaired) electrons. The first-order chi connectivity index (χ1) is 18.9. The van der Waals surface area contributed by atoms with Crippen LogP contribution in [-0.4, -0.2) is 84.1 Å². The van der Waals surface area contributed by atoms with Crippen LogP contribution in [0.3, 0.4) is 0 Å². The number of aromatic amines is 1. The average molecular weight is 535 g/mol. The molecule has 3 N–H and O–H groups in total. The molecule has 3 aromatic rings. The van der Waals surface area contributed by atoms with Crippen molar-refractivity contribution in [3.05, 3.63) is 52.8 Å². The molecular weight excluding hydrogens is 500 g/mol. The number of rotatable bonds is 7. The zero-order chi connectivity index (χ0) is 27.5. The minimum Gasteiger partial charge on any atom is -0.497 e. The van der Waals surface area contributed by atoms with Crippen LogP contribution in [0, 0.1) is 6.92 Å². The van der Waals surface area contributed by atoms with Crippen LogP contribution in [-0.2, 0) is 22.6 Å². The van der Waals surface area contributed by atoms with E-state index in [0.29, 0.717) is 50.5 Å². The molecule has 2 aromatic carbocycles. The Morgan fingerprint density at radius 3 is 2.67 bits per heavy atom. The minimum atomic E-state index is -0.316. The van der Waals surface area contributed by atoms with Crippen molar-refractivity contribution in [2.75, 3.05) is 45.7 Å². The Balaban J connectivity index is 1.13. The van der Waals surface area contributed by atoms with Gasteiger partial charge in [-0.1, -0.05) is 0 Å². The lowest BCUT2D eigenvalue weighted by Crippen LogP contribution is -2.51. The minimum absolute atomic E-state index is 0.0481. The van der Waals surface area contributed by atoms with Crippen molar-refractivity contribution in [3.63, 3.8) is 0 Å². The highest BCUT2D eigenvalue weighted by Gasteiger charge is 2.31. The van der Waals surface area contributed by atoms with E-state index in [0.717, 1.165) is 40.0 Å². The number of aryl methyl sites for hydroxylation is 1. The lowest BCUT2D eigenvalue weighted by molar-refractivity contribution is -0.131. The number of nitrogens with zero attached hydrogens (tertiary/aromatic N) is 3. The monoisotopic (exact) mass is 534 g/mol. The summed E-state index contributed by atoms with van der Waals surface area (Å²) in [5, 5.41) is 5.77. The van der Waals surface area contributed by atoms with Gasteiger partial charge in [0, 0.05) is 44.0 Å². The number of hydrogen-bond donors (Lipinski definition) is 3. The molecular formula is C28H34N6O5. The van der Waals surface area contributed by atoms with Gasteiger partial charge in [0.05, 0.1) is 24.7 Å². The third-order valence-electron chi connectivity index (χ3n) is 7.46. The molecule has 0 atom stereocenters. The summed E-state index contributed by atoms with van der Waals surface area (Å²) in [6, 6.07) is 9.11. The Morgan fingerprint density at radius 1 is 1.13 bits per heavy atom. The molecule has 2 aliphatic rings. The number of imidazole rings is 1. The van der Waals surface area contributed by atoms with Crippen LogP contribution in [0.4, 0.5) is 10.5 Å². The Morgan fingerprint density at radius 2 is 1.92 bits per heavy atom. The number of piperidine rings is 1. The van der Waals surface area contributed by atoms with Gasteiger partial charge >= 0.3 is 6.03 Å². The number of ether oxygens (including phenoxy) is 2. The number of urea groups is 1. The van der Waals surface area contributed by atoms with E-state index in [-0.39, 0.29) is 30.4 Å². The summed E-state index contributed by atoms with van der Waals surface area (Å²) in [4.78, 5) is 49.9. The maximum absolute atomic E-state index is 12.9. The number of carbonyl (C=O) groups excluding carboxylic acids is 3. The lowest BCUT2D eigenvalue weighted by Gasteiger charge is -2.38. The van der Waals surface area contributed by atoms with Crippen molar-refractivity contribution >= 4 is 34.6 Å². The van der Waals surface area contributed by atoms with Gasteiger partial charge in [0.15, 0.2) is 0 Å². The summed E-state index contributed by atoms with van der Waals surface area (Å²) in [5.41, 5.74) is 4.73. The summed E-state index contributed by atoms with van der Waals surface area (Å²) < 4.78 is 10.4. The van der Waals surface area contributed by atoms with E-state index in [9.17, 15) is 14.4 Å². The third kappa shape index (κ3) is 5.68. The molecule has 1 fully saturated rings. The largest absolute Gasteiger partial charge is 0.497 e. The second-order valence-electron chi connectivity index (χ2n) is 10.00. The van der Waals surface area contributed by atoms with Gasteiger partial charge in [0.2, 0.25) is 5.91 Å². The fourth-order valence-electron chi connectivity index (χ4n) is 5.38. The van der Waals surface area contributed by atoms with E-state index in [1.54, 1.807) is 31.3 Å². The van der Waals surface area contributed by atoms with E-state index in [1.807, 2.05) is 30.0 Å². The van der Waals surface area contributed by atoms with E-state index in [2.05, 4.69) is 20.6 Å². The normalized spacial score (nSPS) is 16.0. The number of amides is 4. The predicted molar refractivity (Wildman–Crippen MR) is 146 cm³/mol. The summed E-state index contributed by atoms with van der Waals surface area (Å²) in [6.07, 6.45) is 2.10. The SMILES string of the molecule is COCc1nc2c(C)cc(C(=O)NCC(=O)N3CCC(N4CCc5cc(OC)ccc5NC4=O)CC3)cc2[nH]1. The van der Waals surface area contributed by atoms with Crippen LogP contribution in [0.25, 0.3) is 11.0 Å². The average Bonchev–Trinajstić information content (AvgIpc) is 3.28. The highest BCUT2D eigenvalue weighted by molar-refractivity contribution is 5.99. The van der Waals surface area contributed by atoms with E-state index in [4.69, 9.17) is 9.47 Å². The highest BCUT2D eigenvalue weighted by Crippen LogP contribution is 2.28. The van der Waals surface area contributed by atoms with Crippen LogP contribution < -0.4 is 15.4 Å². The zero-order valence-electron chi connectivity index (χ0n) is 22.5. The molecule has 1 saturated heterocycles. The van der Waals surface area contributed by atoms with Gasteiger partial charge in [0.1, 0.15) is 18.2 Å². The molecule has 0 bridgehead atoms. The molecule has 0 unspecified atom stereocenters. The van der Waals surface area contributed by atoms with Gasteiger partial charge in [-0.3, -0.25) is 9.59 Å². The van der Waals surface area contributed by atoms with Crippen LogP contribution in [0.5, 0.6) is 5.75 Å². The summed E-state index contributed by atoms with van der Waals surface area (Å²) in [5.74, 6) is 1.00. The number of methoxy groups -OCH3 is 2. The first-order valence-corrected chi connectivity index (χ1v) is 13.1. The van der Waals surface area contributed by atoms with Gasteiger partial charge in [-0.15, -0.1) is 0 Å². The number of aromatic nitrogens is 2. The smallest absolute Gasteiger partial charge is 0.322 e. The maximum atomic E-state index is 12.9. The van der Waals surface area contributed by atoms with Crippen molar-refractivity contribution in [1.82, 2.24) is 25.1 Å². The van der Waals surface area contributed by atoms with E-state index < -0.39 is 0 Å². The maximum Gasteiger partial charge on any atom is 0.322 e. The van der Waals surface area contributed by atoms with Crippen LogP contribution in [0.1, 0.15) is 40.2 Å². The molecule has 5 rings (SSSR count). The highest BCUT2D eigenvalue weighted by atomic mass is 16.5. The number of hydrogen-bond acceptors (Lipinski definition) is 6. The van der Waals surface area contributed by atoms with Crippen molar-refractivity contribution in [2.45, 2.75) is 38.8 Å². The van der Waals surface area contributed by atoms with Crippen molar-refractivity contribution in [3.8, 4) is 5.75 Å². The molecule has 0 spiro atoms. The number of benzene rings is 2. The number of nitrogens with one attached hydrogen (secondary N) is 3. The summed E-state index contributed by atoms with van der Waals surface area (Å²) in [6.45, 7) is 3.84. The summed E-state index contributed by atoms with van der Waals surface area (Å²) in [7, 11) is 3.23. The Labute approximate surface area is 226 Å². The molecule has 206 valence electrons. The van der Waals surface area contributed by atoms with Crippen molar-refractivity contribution < 1.29 is 23.9 Å². The molecule has 3 heterocycles. The lowest BCUT2D eigenvalue weighted by atomic mass is 10.0. The first kappa shape index (κ1) is 26.5. The molecule has 11 nitrogen and oxygen atoms in total. The molecule has 0 saturated carbocycles. The standard InChI is InChI=1S/C28H34N6O5/c1-17-12-19(14-23-26(17)32-24(30-23)16-38-2)27(36)29-15-25(35)33-9-7-20(8-10-33)34-11-6-18-13-21(39-3)4-5-22(18)31-28(34)37/h4-5,12-14,20H,6-11,15-16H2,1-3H3,(H,29,36)(H,30,32)(H,31,37). The Hall–Kier alpha value is -4.12. The number of H-pyrrole nitrogens is 1. The van der Waals surface area contributed by atoms with Gasteiger partial charge in [0.25, 0.3) is 5.91 Å². The molecule has 11 heteroatoms. The molecule has 0 aliphatic carbocycles. The third-order valence-corrected chi connectivity index (χ3v) is 7.46. The van der Waals surface area contributed by atoms with Crippen LogP contribution in [0.15, 0.2) is 30.3 Å². The van der Waals surface area contributed by atoms with Crippen LogP contribution in [0.2, 0.25) is 0 Å². The van der Waals surface area contributed by atoms with Crippen molar-refractivity contribution in [1.29, 1.82) is 0 Å². The topological polar surface area (TPSA) is 129 Å². The Kier molecular flexibility index (Phi) is 7.69. The number of anilines is 1. The van der Waals surface area contributed by atoms with Gasteiger partial charge in [-0.05, 0) is 67.6 Å². The van der Waals surface area contributed by atoms with Gasteiger partial charge < -0.3 is 34.9 Å². The number of fused-ring (bicyclic) bond motifs is 2. The van der Waals surface area contributed by atoms with Gasteiger partial charge in [-0.2, -0.15) is 0 Å². The quantitative estimate of drug-likeness (QED) is 0.428. The predicted octanol–water partition coefficient (Wildman–Crippen LogP) is 2.84. The fourth-order valence-corrected chi connectivity index (χ4v) is 5.38. The molecule has 39 heavy (non-hydrogen) atoms. The number of likely N-dealkylation sites (tertiary alicyclic amines) is 1. The van der Waals surface area contributed by atoms with E-state index >= 15 is 0 Å². The van der Waals surface area contributed by atoms with Gasteiger partial charge in [-0.25, -0.2) is 9.78 Å². The molecule has 1 aromatic heterocycles. The molecule has 4 amide bonds. The zero-order valence-corrected chi connectivity index (χ0v) is 22.5. The van der Waals surface area contributed by atoms with Crippen molar-refractivity contribution in [2.24, 2.45) is 0 Å². The Bertz CT molecular complexity index is 1390. The fraction of sp³-hybridized carbons (Fsp3) is 0.429. The summed E-state index contributed by atoms with van der Waals surface area (Å²) >= 11 is 0. The first-order valence-electron chi connectivity index (χ1n) is 13.1. The van der Waals surface area contributed by atoms with Crippen LogP contribution >= 0.6 is 0 Å². The second-order valence-corrected chi connectivity index (χ2v) is 10.00. The number of carbonyl (C=O) groups is 3. The second kappa shape index (κ2) is 11.3.